The smallest absolute Gasteiger partial charge is 0.279 e. The number of H-pyrrole nitrogens is 1. The predicted molar refractivity (Wildman–Crippen MR) is 98.4 cm³/mol. The van der Waals surface area contributed by atoms with Gasteiger partial charge in [-0.2, -0.15) is 18.3 Å². The van der Waals surface area contributed by atoms with Crippen molar-refractivity contribution in [3.8, 4) is 10.6 Å². The fourth-order valence-corrected chi connectivity index (χ4v) is 5.26. The molecule has 144 valence electrons. The molecular formula is C17H16F3N3O2S2. The van der Waals surface area contributed by atoms with Gasteiger partial charge in [-0.3, -0.25) is 9.82 Å². The second kappa shape index (κ2) is 6.68. The first kappa shape index (κ1) is 19.4. The van der Waals surface area contributed by atoms with Gasteiger partial charge in [0.25, 0.3) is 10.0 Å². The normalized spacial score (nSPS) is 12.4. The van der Waals surface area contributed by atoms with Gasteiger partial charge in [-0.15, -0.1) is 11.3 Å². The maximum atomic E-state index is 12.8. The Morgan fingerprint density at radius 2 is 1.81 bits per heavy atom. The van der Waals surface area contributed by atoms with Gasteiger partial charge in [0.15, 0.2) is 0 Å². The molecule has 0 radical (unpaired) electrons. The molecule has 2 heterocycles. The third kappa shape index (κ3) is 4.01. The number of aryl methyl sites for hydroxylation is 3. The average molecular weight is 415 g/mol. The number of aromatic nitrogens is 2. The van der Waals surface area contributed by atoms with Gasteiger partial charge in [-0.25, -0.2) is 8.42 Å². The maximum Gasteiger partial charge on any atom is 0.432 e. The van der Waals surface area contributed by atoms with Gasteiger partial charge < -0.3 is 0 Å². The third-order valence-electron chi connectivity index (χ3n) is 3.92. The van der Waals surface area contributed by atoms with Gasteiger partial charge in [0.2, 0.25) is 0 Å². The van der Waals surface area contributed by atoms with Crippen LogP contribution in [0.2, 0.25) is 0 Å². The average Bonchev–Trinajstić information content (AvgIpc) is 3.16. The van der Waals surface area contributed by atoms with Crippen LogP contribution >= 0.6 is 11.3 Å². The molecule has 0 saturated heterocycles. The number of sulfonamides is 1. The lowest BCUT2D eigenvalue weighted by Gasteiger charge is -2.10. The summed E-state index contributed by atoms with van der Waals surface area (Å²) in [5.41, 5.74) is 1.29. The van der Waals surface area contributed by atoms with Crippen LogP contribution in [0.25, 0.3) is 10.6 Å². The van der Waals surface area contributed by atoms with Crippen molar-refractivity contribution in [3.05, 3.63) is 52.0 Å². The zero-order chi connectivity index (χ0) is 20.0. The monoisotopic (exact) mass is 415 g/mol. The largest absolute Gasteiger partial charge is 0.432 e. The van der Waals surface area contributed by atoms with E-state index in [-0.39, 0.29) is 10.6 Å². The van der Waals surface area contributed by atoms with E-state index in [1.807, 2.05) is 18.1 Å². The van der Waals surface area contributed by atoms with Crippen molar-refractivity contribution < 1.29 is 21.6 Å². The Labute approximate surface area is 158 Å². The fraction of sp³-hybridized carbons (Fsp3) is 0.235. The molecule has 0 saturated carbocycles. The molecule has 0 aliphatic heterocycles. The Morgan fingerprint density at radius 1 is 1.11 bits per heavy atom. The van der Waals surface area contributed by atoms with E-state index in [0.717, 1.165) is 28.5 Å². The minimum atomic E-state index is -4.54. The Hall–Kier alpha value is -2.33. The molecule has 2 N–H and O–H groups in total. The zero-order valence-electron chi connectivity index (χ0n) is 14.6. The number of alkyl halides is 3. The number of aromatic amines is 1. The standard InChI is InChI=1S/C17H16F3N3O2S2/c1-9-4-5-12(10(2)6-9)23-27(24,25)15-8-14(26-11(15)3)13-7-16(22-21-13)17(18,19)20/h4-8,23H,1-3H3,(H,21,22). The van der Waals surface area contributed by atoms with E-state index in [2.05, 4.69) is 9.82 Å². The highest BCUT2D eigenvalue weighted by Gasteiger charge is 2.33. The number of thiophene rings is 1. The number of benzene rings is 1. The number of hydrogen-bond acceptors (Lipinski definition) is 4. The Balaban J connectivity index is 1.94. The minimum Gasteiger partial charge on any atom is -0.279 e. The van der Waals surface area contributed by atoms with E-state index in [9.17, 15) is 21.6 Å². The van der Waals surface area contributed by atoms with Crippen LogP contribution < -0.4 is 4.72 Å². The molecule has 0 bridgehead atoms. The molecule has 27 heavy (non-hydrogen) atoms. The highest BCUT2D eigenvalue weighted by Crippen LogP contribution is 2.36. The third-order valence-corrected chi connectivity index (χ3v) is 6.62. The van der Waals surface area contributed by atoms with Crippen LogP contribution in [-0.4, -0.2) is 18.6 Å². The van der Waals surface area contributed by atoms with E-state index >= 15 is 0 Å². The van der Waals surface area contributed by atoms with Crippen molar-refractivity contribution in [3.63, 3.8) is 0 Å². The summed E-state index contributed by atoms with van der Waals surface area (Å²) >= 11 is 1.07. The molecule has 0 spiro atoms. The lowest BCUT2D eigenvalue weighted by atomic mass is 10.1. The van der Waals surface area contributed by atoms with Gasteiger partial charge in [0.1, 0.15) is 16.3 Å². The summed E-state index contributed by atoms with van der Waals surface area (Å²) in [5, 5.41) is 5.58. The molecule has 2 aromatic heterocycles. The SMILES string of the molecule is Cc1ccc(NS(=O)(=O)c2cc(-c3cc(C(F)(F)F)[nH]n3)sc2C)c(C)c1. The van der Waals surface area contributed by atoms with Crippen molar-refractivity contribution in [1.29, 1.82) is 0 Å². The number of nitrogens with zero attached hydrogens (tertiary/aromatic N) is 1. The topological polar surface area (TPSA) is 74.8 Å². The van der Waals surface area contributed by atoms with Crippen molar-refractivity contribution in [1.82, 2.24) is 10.2 Å². The van der Waals surface area contributed by atoms with E-state index in [0.29, 0.717) is 15.4 Å². The molecule has 0 unspecified atom stereocenters. The summed E-state index contributed by atoms with van der Waals surface area (Å²) in [6.45, 7) is 5.29. The van der Waals surface area contributed by atoms with Crippen molar-refractivity contribution >= 4 is 27.0 Å². The maximum absolute atomic E-state index is 12.8. The first-order chi connectivity index (χ1) is 12.5. The molecule has 3 rings (SSSR count). The van der Waals surface area contributed by atoms with E-state index in [4.69, 9.17) is 0 Å². The van der Waals surface area contributed by atoms with Gasteiger partial charge in [0.05, 0.1) is 10.6 Å². The number of hydrogen-bond donors (Lipinski definition) is 2. The number of rotatable bonds is 4. The van der Waals surface area contributed by atoms with Crippen LogP contribution in [0.5, 0.6) is 0 Å². The van der Waals surface area contributed by atoms with Gasteiger partial charge >= 0.3 is 6.18 Å². The van der Waals surface area contributed by atoms with Gasteiger partial charge in [0, 0.05) is 4.88 Å². The fourth-order valence-electron chi connectivity index (χ4n) is 2.58. The molecule has 5 nitrogen and oxygen atoms in total. The first-order valence-corrected chi connectivity index (χ1v) is 10.1. The zero-order valence-corrected chi connectivity index (χ0v) is 16.2. The summed E-state index contributed by atoms with van der Waals surface area (Å²) in [4.78, 5) is 0.804. The molecule has 1 aromatic carbocycles. The molecule has 0 atom stereocenters. The molecule has 10 heteroatoms. The number of anilines is 1. The van der Waals surface area contributed by atoms with Crippen LogP contribution in [0.4, 0.5) is 18.9 Å². The van der Waals surface area contributed by atoms with Crippen LogP contribution in [-0.2, 0) is 16.2 Å². The second-order valence-electron chi connectivity index (χ2n) is 6.12. The summed E-state index contributed by atoms with van der Waals surface area (Å²) in [6.07, 6.45) is -4.54. The minimum absolute atomic E-state index is 0.0130. The number of halogens is 3. The predicted octanol–water partition coefficient (Wildman–Crippen LogP) is 4.88. The Morgan fingerprint density at radius 3 is 2.41 bits per heavy atom. The second-order valence-corrected chi connectivity index (χ2v) is 9.03. The van der Waals surface area contributed by atoms with E-state index < -0.39 is 21.9 Å². The van der Waals surface area contributed by atoms with Crippen LogP contribution in [0.15, 0.2) is 35.2 Å². The Kier molecular flexibility index (Phi) is 4.81. The molecule has 0 aliphatic carbocycles. The summed E-state index contributed by atoms with van der Waals surface area (Å²) in [5.74, 6) is 0. The van der Waals surface area contributed by atoms with Crippen LogP contribution in [0, 0.1) is 20.8 Å². The quantitative estimate of drug-likeness (QED) is 0.638. The lowest BCUT2D eigenvalue weighted by Crippen LogP contribution is -2.14. The van der Waals surface area contributed by atoms with Crippen molar-refractivity contribution in [2.24, 2.45) is 0 Å². The van der Waals surface area contributed by atoms with Crippen molar-refractivity contribution in [2.45, 2.75) is 31.8 Å². The van der Waals surface area contributed by atoms with Crippen molar-refractivity contribution in [2.75, 3.05) is 4.72 Å². The van der Waals surface area contributed by atoms with Crippen LogP contribution in [0.1, 0.15) is 21.7 Å². The summed E-state index contributed by atoms with van der Waals surface area (Å²) in [7, 11) is -3.89. The Bertz CT molecular complexity index is 1100. The molecule has 0 amide bonds. The highest BCUT2D eigenvalue weighted by atomic mass is 32.2. The molecular weight excluding hydrogens is 399 g/mol. The van der Waals surface area contributed by atoms with Gasteiger partial charge in [-0.1, -0.05) is 17.7 Å². The summed E-state index contributed by atoms with van der Waals surface area (Å²) < 4.78 is 66.2. The van der Waals surface area contributed by atoms with E-state index in [1.54, 1.807) is 26.0 Å². The number of nitrogens with one attached hydrogen (secondary N) is 2. The first-order valence-electron chi connectivity index (χ1n) is 7.81. The summed E-state index contributed by atoms with van der Waals surface area (Å²) in [6, 6.07) is 7.51. The van der Waals surface area contributed by atoms with Gasteiger partial charge in [-0.05, 0) is 44.5 Å². The van der Waals surface area contributed by atoms with Crippen LogP contribution in [0.3, 0.4) is 0 Å². The highest BCUT2D eigenvalue weighted by molar-refractivity contribution is 7.93. The molecule has 0 aliphatic rings. The van der Waals surface area contributed by atoms with E-state index in [1.165, 1.54) is 6.07 Å². The molecule has 0 fully saturated rings. The molecule has 3 aromatic rings. The lowest BCUT2D eigenvalue weighted by molar-refractivity contribution is -0.141.